The number of hydrogen-bond acceptors (Lipinski definition) is 4. The molecule has 26 heavy (non-hydrogen) atoms. The number of rotatable bonds is 5. The van der Waals surface area contributed by atoms with Gasteiger partial charge >= 0.3 is 0 Å². The molecule has 0 atom stereocenters. The summed E-state index contributed by atoms with van der Waals surface area (Å²) in [7, 11) is 0. The number of hydrogen-bond donors (Lipinski definition) is 0. The maximum absolute atomic E-state index is 13.0. The second-order valence-corrected chi connectivity index (χ2v) is 7.03. The monoisotopic (exact) mass is 374 g/mol. The van der Waals surface area contributed by atoms with Crippen molar-refractivity contribution in [3.05, 3.63) is 58.0 Å². The van der Waals surface area contributed by atoms with Gasteiger partial charge in [0.25, 0.3) is 5.91 Å². The van der Waals surface area contributed by atoms with Crippen LogP contribution in [-0.2, 0) is 4.79 Å². The predicted molar refractivity (Wildman–Crippen MR) is 96.8 cm³/mol. The second kappa shape index (κ2) is 8.23. The van der Waals surface area contributed by atoms with Gasteiger partial charge in [0.2, 0.25) is 5.91 Å². The third kappa shape index (κ3) is 4.35. The summed E-state index contributed by atoms with van der Waals surface area (Å²) in [6, 6.07) is 9.03. The standard InChI is InChI=1S/C19H19FN2O3S/c20-15-5-3-14(4-6-15)19(25)22-11-9-21(10-12-22)18(24)8-7-16(23)17-2-1-13-26-17/h1-6,13H,7-12H2. The molecular formula is C19H19FN2O3S. The van der Waals surface area contributed by atoms with E-state index in [0.29, 0.717) is 36.6 Å². The van der Waals surface area contributed by atoms with Gasteiger partial charge in [-0.25, -0.2) is 4.39 Å². The van der Waals surface area contributed by atoms with Gasteiger partial charge in [-0.2, -0.15) is 0 Å². The molecule has 1 saturated heterocycles. The van der Waals surface area contributed by atoms with Crippen LogP contribution in [0.1, 0.15) is 32.9 Å². The Morgan fingerprint density at radius 3 is 2.19 bits per heavy atom. The van der Waals surface area contributed by atoms with Crippen LogP contribution in [-0.4, -0.2) is 53.6 Å². The first kappa shape index (κ1) is 18.3. The van der Waals surface area contributed by atoms with Gasteiger partial charge in [-0.15, -0.1) is 11.3 Å². The zero-order valence-electron chi connectivity index (χ0n) is 14.2. The minimum atomic E-state index is -0.380. The van der Waals surface area contributed by atoms with Crippen LogP contribution in [0.5, 0.6) is 0 Å². The zero-order valence-corrected chi connectivity index (χ0v) is 15.0. The van der Waals surface area contributed by atoms with Crippen molar-refractivity contribution in [1.82, 2.24) is 9.80 Å². The van der Waals surface area contributed by atoms with Crippen LogP contribution in [0.25, 0.3) is 0 Å². The van der Waals surface area contributed by atoms with E-state index in [1.165, 1.54) is 35.6 Å². The van der Waals surface area contributed by atoms with E-state index < -0.39 is 0 Å². The van der Waals surface area contributed by atoms with Crippen LogP contribution in [0.4, 0.5) is 4.39 Å². The lowest BCUT2D eigenvalue weighted by Crippen LogP contribution is -2.50. The molecule has 0 bridgehead atoms. The Morgan fingerprint density at radius 1 is 0.923 bits per heavy atom. The summed E-state index contributed by atoms with van der Waals surface area (Å²) in [5.41, 5.74) is 0.438. The van der Waals surface area contributed by atoms with Crippen molar-refractivity contribution in [1.29, 1.82) is 0 Å². The van der Waals surface area contributed by atoms with Crippen molar-refractivity contribution in [2.75, 3.05) is 26.2 Å². The van der Waals surface area contributed by atoms with E-state index in [-0.39, 0.29) is 36.3 Å². The quantitative estimate of drug-likeness (QED) is 0.756. The number of piperazine rings is 1. The number of amides is 2. The molecule has 136 valence electrons. The van der Waals surface area contributed by atoms with E-state index in [9.17, 15) is 18.8 Å². The van der Waals surface area contributed by atoms with Crippen molar-refractivity contribution < 1.29 is 18.8 Å². The van der Waals surface area contributed by atoms with Crippen molar-refractivity contribution in [2.45, 2.75) is 12.8 Å². The fourth-order valence-corrected chi connectivity index (χ4v) is 3.57. The zero-order chi connectivity index (χ0) is 18.5. The summed E-state index contributed by atoms with van der Waals surface area (Å²) in [6.45, 7) is 1.75. The van der Waals surface area contributed by atoms with E-state index in [2.05, 4.69) is 0 Å². The summed E-state index contributed by atoms with van der Waals surface area (Å²) < 4.78 is 13.0. The fraction of sp³-hybridized carbons (Fsp3) is 0.316. The summed E-state index contributed by atoms with van der Waals surface area (Å²) in [4.78, 5) is 40.7. The molecule has 0 spiro atoms. The highest BCUT2D eigenvalue weighted by atomic mass is 32.1. The Kier molecular flexibility index (Phi) is 5.78. The third-order valence-corrected chi connectivity index (χ3v) is 5.28. The highest BCUT2D eigenvalue weighted by Gasteiger charge is 2.25. The number of thiophene rings is 1. The number of nitrogens with zero attached hydrogens (tertiary/aromatic N) is 2. The predicted octanol–water partition coefficient (Wildman–Crippen LogP) is 2.83. The number of ketones is 1. The van der Waals surface area contributed by atoms with Crippen LogP contribution in [0, 0.1) is 5.82 Å². The van der Waals surface area contributed by atoms with Crippen LogP contribution in [0.3, 0.4) is 0 Å². The summed E-state index contributed by atoms with van der Waals surface area (Å²) >= 11 is 1.38. The molecule has 3 rings (SSSR count). The smallest absolute Gasteiger partial charge is 0.253 e. The minimum Gasteiger partial charge on any atom is -0.339 e. The summed E-state index contributed by atoms with van der Waals surface area (Å²) in [6.07, 6.45) is 0.386. The number of halogens is 1. The van der Waals surface area contributed by atoms with Gasteiger partial charge in [0.1, 0.15) is 5.82 Å². The molecule has 2 aromatic rings. The molecule has 0 saturated carbocycles. The molecule has 0 N–H and O–H groups in total. The topological polar surface area (TPSA) is 57.7 Å². The average molecular weight is 374 g/mol. The van der Waals surface area contributed by atoms with Crippen LogP contribution in [0.15, 0.2) is 41.8 Å². The van der Waals surface area contributed by atoms with Gasteiger partial charge < -0.3 is 9.80 Å². The van der Waals surface area contributed by atoms with E-state index in [1.54, 1.807) is 15.9 Å². The number of benzene rings is 1. The molecule has 5 nitrogen and oxygen atoms in total. The lowest BCUT2D eigenvalue weighted by molar-refractivity contribution is -0.132. The first-order valence-corrected chi connectivity index (χ1v) is 9.32. The Balaban J connectivity index is 1.47. The van der Waals surface area contributed by atoms with Crippen LogP contribution < -0.4 is 0 Å². The van der Waals surface area contributed by atoms with Crippen LogP contribution in [0.2, 0.25) is 0 Å². The average Bonchev–Trinajstić information content (AvgIpc) is 3.21. The molecule has 1 aromatic carbocycles. The molecule has 0 unspecified atom stereocenters. The van der Waals surface area contributed by atoms with Gasteiger partial charge in [0.15, 0.2) is 5.78 Å². The first-order valence-electron chi connectivity index (χ1n) is 8.44. The van der Waals surface area contributed by atoms with Crippen molar-refractivity contribution in [2.24, 2.45) is 0 Å². The molecule has 2 heterocycles. The van der Waals surface area contributed by atoms with Gasteiger partial charge in [-0.1, -0.05) is 6.07 Å². The lowest BCUT2D eigenvalue weighted by Gasteiger charge is -2.34. The second-order valence-electron chi connectivity index (χ2n) is 6.08. The van der Waals surface area contributed by atoms with E-state index in [0.717, 1.165) is 0 Å². The highest BCUT2D eigenvalue weighted by molar-refractivity contribution is 7.12. The third-order valence-electron chi connectivity index (χ3n) is 4.37. The van der Waals surface area contributed by atoms with E-state index in [1.807, 2.05) is 11.4 Å². The Labute approximate surface area is 155 Å². The fourth-order valence-electron chi connectivity index (χ4n) is 2.87. The minimum absolute atomic E-state index is 0.0153. The Bertz CT molecular complexity index is 782. The molecule has 1 aromatic heterocycles. The molecule has 1 aliphatic heterocycles. The SMILES string of the molecule is O=C(CCC(=O)N1CCN(C(=O)c2ccc(F)cc2)CC1)c1cccs1. The van der Waals surface area contributed by atoms with Crippen LogP contribution >= 0.6 is 11.3 Å². The molecule has 0 aliphatic carbocycles. The van der Waals surface area contributed by atoms with Crippen molar-refractivity contribution in [3.8, 4) is 0 Å². The lowest BCUT2D eigenvalue weighted by atomic mass is 10.1. The first-order chi connectivity index (χ1) is 12.5. The number of Topliss-reactive ketones (excluding diaryl/α,β-unsaturated/α-hetero) is 1. The van der Waals surface area contributed by atoms with Gasteiger partial charge in [-0.3, -0.25) is 14.4 Å². The van der Waals surface area contributed by atoms with E-state index in [4.69, 9.17) is 0 Å². The molecule has 7 heteroatoms. The molecular weight excluding hydrogens is 355 g/mol. The number of carbonyl (C=O) groups excluding carboxylic acids is 3. The van der Waals surface area contributed by atoms with Gasteiger partial charge in [0.05, 0.1) is 4.88 Å². The normalized spacial score (nSPS) is 14.3. The van der Waals surface area contributed by atoms with Gasteiger partial charge in [0, 0.05) is 44.6 Å². The van der Waals surface area contributed by atoms with Crippen molar-refractivity contribution >= 4 is 28.9 Å². The molecule has 0 radical (unpaired) electrons. The Morgan fingerprint density at radius 2 is 1.58 bits per heavy atom. The number of carbonyl (C=O) groups is 3. The molecule has 1 fully saturated rings. The van der Waals surface area contributed by atoms with Crippen molar-refractivity contribution in [3.63, 3.8) is 0 Å². The summed E-state index contributed by atoms with van der Waals surface area (Å²) in [5.74, 6) is -0.624. The summed E-state index contributed by atoms with van der Waals surface area (Å²) in [5, 5.41) is 1.84. The Hall–Kier alpha value is -2.54. The van der Waals surface area contributed by atoms with E-state index >= 15 is 0 Å². The largest absolute Gasteiger partial charge is 0.339 e. The van der Waals surface area contributed by atoms with Gasteiger partial charge in [-0.05, 0) is 35.7 Å². The molecule has 1 aliphatic rings. The highest BCUT2D eigenvalue weighted by Crippen LogP contribution is 2.14. The maximum Gasteiger partial charge on any atom is 0.253 e. The molecule has 2 amide bonds. The maximum atomic E-state index is 13.0.